The average molecular weight is 242 g/mol. The van der Waals surface area contributed by atoms with Crippen molar-refractivity contribution in [3.63, 3.8) is 0 Å². The van der Waals surface area contributed by atoms with Gasteiger partial charge in [0.15, 0.2) is 0 Å². The summed E-state index contributed by atoms with van der Waals surface area (Å²) in [4.78, 5) is 13.9. The van der Waals surface area contributed by atoms with Gasteiger partial charge in [0.05, 0.1) is 13.0 Å². The van der Waals surface area contributed by atoms with Crippen LogP contribution in [0.25, 0.3) is 0 Å². The van der Waals surface area contributed by atoms with Gasteiger partial charge in [-0.1, -0.05) is 6.42 Å². The lowest BCUT2D eigenvalue weighted by Gasteiger charge is -2.43. The summed E-state index contributed by atoms with van der Waals surface area (Å²) in [6.07, 6.45) is 4.05. The lowest BCUT2D eigenvalue weighted by molar-refractivity contribution is -0.145. The van der Waals surface area contributed by atoms with Crippen LogP contribution in [0.3, 0.4) is 0 Å². The molecule has 1 heterocycles. The lowest BCUT2D eigenvalue weighted by Crippen LogP contribution is -2.53. The number of nitrogens with two attached hydrogens (primary N) is 1. The van der Waals surface area contributed by atoms with Crippen molar-refractivity contribution in [2.75, 3.05) is 13.2 Å². The molecule has 1 fully saturated rings. The van der Waals surface area contributed by atoms with E-state index in [1.807, 2.05) is 6.92 Å². The largest absolute Gasteiger partial charge is 0.466 e. The van der Waals surface area contributed by atoms with Crippen LogP contribution in [-0.2, 0) is 9.53 Å². The molecule has 0 aromatic carbocycles. The summed E-state index contributed by atoms with van der Waals surface area (Å²) >= 11 is 0. The Morgan fingerprint density at radius 1 is 1.53 bits per heavy atom. The van der Waals surface area contributed by atoms with Gasteiger partial charge in [0.1, 0.15) is 0 Å². The molecule has 4 nitrogen and oxygen atoms in total. The van der Waals surface area contributed by atoms with Crippen molar-refractivity contribution in [1.82, 2.24) is 4.90 Å². The number of likely N-dealkylation sites (tertiary alicyclic amines) is 1. The van der Waals surface area contributed by atoms with Gasteiger partial charge in [0.25, 0.3) is 0 Å². The third kappa shape index (κ3) is 3.96. The molecule has 1 rings (SSSR count). The van der Waals surface area contributed by atoms with Crippen LogP contribution in [0, 0.1) is 0 Å². The second-order valence-corrected chi connectivity index (χ2v) is 4.97. The molecule has 17 heavy (non-hydrogen) atoms. The van der Waals surface area contributed by atoms with Gasteiger partial charge in [-0.3, -0.25) is 9.69 Å². The Morgan fingerprint density at radius 3 is 2.82 bits per heavy atom. The number of nitrogens with zero attached hydrogens (tertiary/aromatic N) is 1. The number of piperidine rings is 1. The zero-order valence-electron chi connectivity index (χ0n) is 11.3. The van der Waals surface area contributed by atoms with E-state index in [0.29, 0.717) is 31.7 Å². The number of hydrogen-bond donors (Lipinski definition) is 1. The summed E-state index contributed by atoms with van der Waals surface area (Å²) in [6.45, 7) is 7.30. The minimum absolute atomic E-state index is 0.103. The topological polar surface area (TPSA) is 55.6 Å². The number of carbonyl (C=O) groups is 1. The number of ether oxygens (including phenoxy) is 1. The molecule has 3 unspecified atom stereocenters. The third-order valence-corrected chi connectivity index (χ3v) is 3.64. The van der Waals surface area contributed by atoms with Crippen molar-refractivity contribution in [3.8, 4) is 0 Å². The van der Waals surface area contributed by atoms with Gasteiger partial charge in [-0.15, -0.1) is 0 Å². The van der Waals surface area contributed by atoms with Crippen molar-refractivity contribution in [3.05, 3.63) is 0 Å². The maximum absolute atomic E-state index is 11.5. The minimum atomic E-state index is -0.103. The Balaban J connectivity index is 2.57. The molecule has 4 heteroatoms. The molecule has 1 aliphatic heterocycles. The lowest BCUT2D eigenvalue weighted by atomic mass is 9.94. The molecule has 0 aromatic heterocycles. The monoisotopic (exact) mass is 242 g/mol. The molecule has 0 bridgehead atoms. The highest BCUT2D eigenvalue weighted by Gasteiger charge is 2.31. The summed E-state index contributed by atoms with van der Waals surface area (Å²) < 4.78 is 5.01. The molecule has 1 saturated heterocycles. The first kappa shape index (κ1) is 14.5. The molecule has 0 saturated carbocycles. The van der Waals surface area contributed by atoms with Crippen molar-refractivity contribution in [1.29, 1.82) is 0 Å². The van der Waals surface area contributed by atoms with Crippen molar-refractivity contribution in [2.24, 2.45) is 5.73 Å². The van der Waals surface area contributed by atoms with E-state index in [4.69, 9.17) is 10.5 Å². The molecular weight excluding hydrogens is 216 g/mol. The first-order valence-corrected chi connectivity index (χ1v) is 6.73. The Kier molecular flexibility index (Phi) is 5.92. The Hall–Kier alpha value is -0.610. The number of hydrogen-bond acceptors (Lipinski definition) is 4. The van der Waals surface area contributed by atoms with Gasteiger partial charge in [-0.05, 0) is 33.6 Å². The van der Waals surface area contributed by atoms with Crippen molar-refractivity contribution in [2.45, 2.75) is 64.6 Å². The highest BCUT2D eigenvalue weighted by atomic mass is 16.5. The van der Waals surface area contributed by atoms with E-state index in [-0.39, 0.29) is 12.0 Å². The van der Waals surface area contributed by atoms with E-state index in [1.165, 1.54) is 12.8 Å². The van der Waals surface area contributed by atoms with E-state index >= 15 is 0 Å². The maximum atomic E-state index is 11.5. The smallest absolute Gasteiger partial charge is 0.307 e. The average Bonchev–Trinajstić information content (AvgIpc) is 2.28. The van der Waals surface area contributed by atoms with E-state index in [2.05, 4.69) is 18.7 Å². The summed E-state index contributed by atoms with van der Waals surface area (Å²) in [5, 5.41) is 0. The quantitative estimate of drug-likeness (QED) is 0.743. The van der Waals surface area contributed by atoms with Crippen LogP contribution in [0.4, 0.5) is 0 Å². The van der Waals surface area contributed by atoms with Crippen LogP contribution in [0.1, 0.15) is 46.5 Å². The summed E-state index contributed by atoms with van der Waals surface area (Å²) in [5.74, 6) is -0.103. The van der Waals surface area contributed by atoms with E-state index < -0.39 is 0 Å². The van der Waals surface area contributed by atoms with Gasteiger partial charge in [-0.2, -0.15) is 0 Å². The fraction of sp³-hybridized carbons (Fsp3) is 0.923. The first-order chi connectivity index (χ1) is 8.10. The third-order valence-electron chi connectivity index (χ3n) is 3.64. The fourth-order valence-corrected chi connectivity index (χ4v) is 2.91. The zero-order chi connectivity index (χ0) is 12.8. The molecular formula is C13H26N2O2. The second kappa shape index (κ2) is 6.97. The van der Waals surface area contributed by atoms with Gasteiger partial charge >= 0.3 is 5.97 Å². The maximum Gasteiger partial charge on any atom is 0.307 e. The summed E-state index contributed by atoms with van der Waals surface area (Å²) in [6, 6.07) is 1.16. The summed E-state index contributed by atoms with van der Waals surface area (Å²) in [5.41, 5.74) is 5.83. The number of rotatable bonds is 5. The first-order valence-electron chi connectivity index (χ1n) is 6.73. The van der Waals surface area contributed by atoms with Crippen LogP contribution < -0.4 is 5.73 Å². The van der Waals surface area contributed by atoms with Crippen LogP contribution in [0.2, 0.25) is 0 Å². The van der Waals surface area contributed by atoms with Crippen LogP contribution in [0.15, 0.2) is 0 Å². The van der Waals surface area contributed by atoms with Crippen molar-refractivity contribution < 1.29 is 9.53 Å². The van der Waals surface area contributed by atoms with Gasteiger partial charge in [0.2, 0.25) is 0 Å². The Morgan fingerprint density at radius 2 is 2.24 bits per heavy atom. The molecule has 1 aliphatic rings. The van der Waals surface area contributed by atoms with E-state index in [1.54, 1.807) is 0 Å². The molecule has 0 radical (unpaired) electrons. The SMILES string of the molecule is CCOC(=O)CC(C)N1C(C)CCCC1CN. The molecule has 100 valence electrons. The van der Waals surface area contributed by atoms with E-state index in [0.717, 1.165) is 6.42 Å². The summed E-state index contributed by atoms with van der Waals surface area (Å²) in [7, 11) is 0. The Bertz CT molecular complexity index is 246. The van der Waals surface area contributed by atoms with E-state index in [9.17, 15) is 4.79 Å². The molecule has 0 aliphatic carbocycles. The molecule has 0 spiro atoms. The number of esters is 1. The molecule has 0 amide bonds. The predicted octanol–water partition coefficient (Wildman–Crippen LogP) is 1.53. The van der Waals surface area contributed by atoms with Crippen LogP contribution in [-0.4, -0.2) is 42.1 Å². The molecule has 3 atom stereocenters. The number of carbonyl (C=O) groups excluding carboxylic acids is 1. The highest BCUT2D eigenvalue weighted by molar-refractivity contribution is 5.70. The van der Waals surface area contributed by atoms with Crippen molar-refractivity contribution >= 4 is 5.97 Å². The standard InChI is InChI=1S/C13H26N2O2/c1-4-17-13(16)8-11(3)15-10(2)6-5-7-12(15)9-14/h10-12H,4-9,14H2,1-3H3. The van der Waals surface area contributed by atoms with Crippen LogP contribution in [0.5, 0.6) is 0 Å². The highest BCUT2D eigenvalue weighted by Crippen LogP contribution is 2.25. The predicted molar refractivity (Wildman–Crippen MR) is 68.7 cm³/mol. The zero-order valence-corrected chi connectivity index (χ0v) is 11.3. The molecule has 2 N–H and O–H groups in total. The van der Waals surface area contributed by atoms with Gasteiger partial charge < -0.3 is 10.5 Å². The molecule has 0 aromatic rings. The normalized spacial score (nSPS) is 27.8. The minimum Gasteiger partial charge on any atom is -0.466 e. The second-order valence-electron chi connectivity index (χ2n) is 4.97. The fourth-order valence-electron chi connectivity index (χ4n) is 2.91. The van der Waals surface area contributed by atoms with Crippen LogP contribution >= 0.6 is 0 Å². The Labute approximate surface area is 104 Å². The van der Waals surface area contributed by atoms with Gasteiger partial charge in [-0.25, -0.2) is 0 Å². The van der Waals surface area contributed by atoms with Gasteiger partial charge in [0, 0.05) is 24.7 Å².